The molecule has 2 aromatic rings. The molecule has 1 heterocycles. The molecule has 1 aliphatic carbocycles. The van der Waals surface area contributed by atoms with Gasteiger partial charge in [-0.15, -0.1) is 11.3 Å². The number of benzene rings is 1. The fourth-order valence-electron chi connectivity index (χ4n) is 2.28. The average Bonchev–Trinajstić information content (AvgIpc) is 3.14. The van der Waals surface area contributed by atoms with Crippen LogP contribution in [-0.2, 0) is 11.2 Å². The highest BCUT2D eigenvalue weighted by atomic mass is 32.1. The van der Waals surface area contributed by atoms with Crippen LogP contribution in [0, 0.1) is 5.92 Å². The minimum Gasteiger partial charge on any atom is -0.353 e. The molecule has 0 radical (unpaired) electrons. The predicted octanol–water partition coefficient (Wildman–Crippen LogP) is 3.36. The van der Waals surface area contributed by atoms with E-state index in [2.05, 4.69) is 41.9 Å². The van der Waals surface area contributed by atoms with E-state index in [4.69, 9.17) is 0 Å². The van der Waals surface area contributed by atoms with Crippen molar-refractivity contribution in [1.29, 1.82) is 0 Å². The molecule has 1 aromatic carbocycles. The largest absolute Gasteiger partial charge is 0.353 e. The van der Waals surface area contributed by atoms with Crippen molar-refractivity contribution < 1.29 is 4.79 Å². The standard InChI is InChI=1S/C15H17NOS/c1-10(16-15(17)11-6-7-11)8-12-9-18-14-5-3-2-4-13(12)14/h2-5,9-11H,6-8H2,1H3,(H,16,17)/t10-/m1/s1. The number of carbonyl (C=O) groups is 1. The Labute approximate surface area is 111 Å². The lowest BCUT2D eigenvalue weighted by molar-refractivity contribution is -0.122. The Balaban J connectivity index is 1.69. The molecule has 3 rings (SSSR count). The van der Waals surface area contributed by atoms with Crippen LogP contribution in [0.5, 0.6) is 0 Å². The van der Waals surface area contributed by atoms with Gasteiger partial charge >= 0.3 is 0 Å². The zero-order valence-electron chi connectivity index (χ0n) is 10.5. The van der Waals surface area contributed by atoms with E-state index in [0.717, 1.165) is 19.3 Å². The number of hydrogen-bond acceptors (Lipinski definition) is 2. The van der Waals surface area contributed by atoms with Crippen LogP contribution in [0.2, 0.25) is 0 Å². The number of nitrogens with one attached hydrogen (secondary N) is 1. The number of fused-ring (bicyclic) bond motifs is 1. The first-order valence-corrected chi connectivity index (χ1v) is 7.37. The predicted molar refractivity (Wildman–Crippen MR) is 75.9 cm³/mol. The summed E-state index contributed by atoms with van der Waals surface area (Å²) in [5.41, 5.74) is 1.35. The van der Waals surface area contributed by atoms with Crippen molar-refractivity contribution in [1.82, 2.24) is 5.32 Å². The van der Waals surface area contributed by atoms with Crippen molar-refractivity contribution >= 4 is 27.3 Å². The molecule has 1 N–H and O–H groups in total. The molecule has 1 atom stereocenters. The molecule has 0 saturated heterocycles. The fraction of sp³-hybridized carbons (Fsp3) is 0.400. The van der Waals surface area contributed by atoms with Gasteiger partial charge in [-0.3, -0.25) is 4.79 Å². The molecule has 94 valence electrons. The normalized spacial score (nSPS) is 16.7. The van der Waals surface area contributed by atoms with E-state index in [1.807, 2.05) is 0 Å². The van der Waals surface area contributed by atoms with Gasteiger partial charge in [0.1, 0.15) is 0 Å². The highest BCUT2D eigenvalue weighted by Gasteiger charge is 2.30. The summed E-state index contributed by atoms with van der Waals surface area (Å²) in [4.78, 5) is 11.7. The third-order valence-corrected chi connectivity index (χ3v) is 4.44. The number of hydrogen-bond donors (Lipinski definition) is 1. The highest BCUT2D eigenvalue weighted by molar-refractivity contribution is 7.17. The topological polar surface area (TPSA) is 29.1 Å². The minimum atomic E-state index is 0.219. The molecular formula is C15H17NOS. The van der Waals surface area contributed by atoms with Gasteiger partial charge in [0.05, 0.1) is 0 Å². The Morgan fingerprint density at radius 2 is 2.22 bits per heavy atom. The quantitative estimate of drug-likeness (QED) is 0.896. The molecule has 1 aromatic heterocycles. The summed E-state index contributed by atoms with van der Waals surface area (Å²) in [5.74, 6) is 0.536. The van der Waals surface area contributed by atoms with Gasteiger partial charge in [-0.05, 0) is 48.6 Å². The molecule has 0 aliphatic heterocycles. The van der Waals surface area contributed by atoms with Crippen LogP contribution in [0.15, 0.2) is 29.6 Å². The van der Waals surface area contributed by atoms with Crippen LogP contribution >= 0.6 is 11.3 Å². The van der Waals surface area contributed by atoms with E-state index >= 15 is 0 Å². The van der Waals surface area contributed by atoms with E-state index in [-0.39, 0.29) is 11.9 Å². The van der Waals surface area contributed by atoms with Gasteiger partial charge in [-0.25, -0.2) is 0 Å². The Morgan fingerprint density at radius 1 is 1.44 bits per heavy atom. The summed E-state index contributed by atoms with van der Waals surface area (Å²) in [6, 6.07) is 8.68. The van der Waals surface area contributed by atoms with Gasteiger partial charge in [-0.2, -0.15) is 0 Å². The van der Waals surface area contributed by atoms with Gasteiger partial charge in [0.2, 0.25) is 5.91 Å². The summed E-state index contributed by atoms with van der Waals surface area (Å²) in [6.07, 6.45) is 3.06. The number of carbonyl (C=O) groups excluding carboxylic acids is 1. The lowest BCUT2D eigenvalue weighted by Crippen LogP contribution is -2.35. The van der Waals surface area contributed by atoms with Crippen molar-refractivity contribution in [2.24, 2.45) is 5.92 Å². The van der Waals surface area contributed by atoms with Crippen LogP contribution in [-0.4, -0.2) is 11.9 Å². The Bertz CT molecular complexity index is 571. The van der Waals surface area contributed by atoms with E-state index in [0.29, 0.717) is 5.92 Å². The highest BCUT2D eigenvalue weighted by Crippen LogP contribution is 2.29. The number of amides is 1. The molecule has 0 spiro atoms. The lowest BCUT2D eigenvalue weighted by Gasteiger charge is -2.13. The Kier molecular flexibility index (Phi) is 3.08. The average molecular weight is 259 g/mol. The van der Waals surface area contributed by atoms with Gasteiger partial charge in [0.25, 0.3) is 0 Å². The molecule has 3 heteroatoms. The summed E-state index contributed by atoms with van der Waals surface area (Å²) < 4.78 is 1.33. The number of rotatable bonds is 4. The van der Waals surface area contributed by atoms with Crippen LogP contribution in [0.1, 0.15) is 25.3 Å². The van der Waals surface area contributed by atoms with Crippen LogP contribution < -0.4 is 5.32 Å². The van der Waals surface area contributed by atoms with Gasteiger partial charge in [0, 0.05) is 16.7 Å². The van der Waals surface area contributed by atoms with E-state index in [1.165, 1.54) is 15.6 Å². The van der Waals surface area contributed by atoms with Crippen molar-refractivity contribution in [3.63, 3.8) is 0 Å². The molecule has 1 amide bonds. The van der Waals surface area contributed by atoms with Crippen LogP contribution in [0.3, 0.4) is 0 Å². The zero-order chi connectivity index (χ0) is 12.5. The Hall–Kier alpha value is -1.35. The van der Waals surface area contributed by atoms with Gasteiger partial charge in [-0.1, -0.05) is 18.2 Å². The molecule has 18 heavy (non-hydrogen) atoms. The maximum atomic E-state index is 11.7. The maximum Gasteiger partial charge on any atom is 0.223 e. The third-order valence-electron chi connectivity index (χ3n) is 3.42. The second-order valence-corrected chi connectivity index (χ2v) is 6.06. The lowest BCUT2D eigenvalue weighted by atomic mass is 10.1. The summed E-state index contributed by atoms with van der Waals surface area (Å²) >= 11 is 1.78. The summed E-state index contributed by atoms with van der Waals surface area (Å²) in [7, 11) is 0. The van der Waals surface area contributed by atoms with E-state index < -0.39 is 0 Å². The second-order valence-electron chi connectivity index (χ2n) is 5.15. The molecule has 1 fully saturated rings. The minimum absolute atomic E-state index is 0.219. The first-order valence-electron chi connectivity index (χ1n) is 6.49. The van der Waals surface area contributed by atoms with Crippen molar-refractivity contribution in [3.05, 3.63) is 35.2 Å². The van der Waals surface area contributed by atoms with Crippen molar-refractivity contribution in [2.75, 3.05) is 0 Å². The van der Waals surface area contributed by atoms with E-state index in [9.17, 15) is 4.79 Å². The first-order chi connectivity index (χ1) is 8.74. The first kappa shape index (κ1) is 11.7. The maximum absolute atomic E-state index is 11.7. The zero-order valence-corrected chi connectivity index (χ0v) is 11.3. The Morgan fingerprint density at radius 3 is 3.00 bits per heavy atom. The summed E-state index contributed by atoms with van der Waals surface area (Å²) in [5, 5.41) is 6.65. The van der Waals surface area contributed by atoms with Crippen molar-refractivity contribution in [3.8, 4) is 0 Å². The van der Waals surface area contributed by atoms with E-state index in [1.54, 1.807) is 11.3 Å². The second kappa shape index (κ2) is 4.73. The van der Waals surface area contributed by atoms with Crippen LogP contribution in [0.4, 0.5) is 0 Å². The monoisotopic (exact) mass is 259 g/mol. The molecule has 0 unspecified atom stereocenters. The number of thiophene rings is 1. The summed E-state index contributed by atoms with van der Waals surface area (Å²) in [6.45, 7) is 2.09. The fourth-order valence-corrected chi connectivity index (χ4v) is 3.25. The van der Waals surface area contributed by atoms with Gasteiger partial charge < -0.3 is 5.32 Å². The van der Waals surface area contributed by atoms with Crippen molar-refractivity contribution in [2.45, 2.75) is 32.2 Å². The molecule has 2 nitrogen and oxygen atoms in total. The smallest absolute Gasteiger partial charge is 0.223 e. The molecule has 1 saturated carbocycles. The molecule has 0 bridgehead atoms. The SMILES string of the molecule is C[C@H](Cc1csc2ccccc12)NC(=O)C1CC1. The third kappa shape index (κ3) is 2.41. The van der Waals surface area contributed by atoms with Crippen LogP contribution in [0.25, 0.3) is 10.1 Å². The molecule has 1 aliphatic rings. The molecular weight excluding hydrogens is 242 g/mol. The van der Waals surface area contributed by atoms with Gasteiger partial charge in [0.15, 0.2) is 0 Å².